The fourth-order valence-corrected chi connectivity index (χ4v) is 2.96. The van der Waals surface area contributed by atoms with Gasteiger partial charge in [0.05, 0.1) is 21.7 Å². The van der Waals surface area contributed by atoms with Crippen LogP contribution in [0.25, 0.3) is 0 Å². The third-order valence-corrected chi connectivity index (χ3v) is 5.03. The number of benzene rings is 2. The number of nitrogen functional groups attached to an aromatic ring is 1. The lowest BCUT2D eigenvalue weighted by Gasteiger charge is -2.31. The minimum atomic E-state index is -0.706. The van der Waals surface area contributed by atoms with Crippen LogP contribution in [0.5, 0.6) is 11.5 Å². The summed E-state index contributed by atoms with van der Waals surface area (Å²) in [6, 6.07) is 8.78. The summed E-state index contributed by atoms with van der Waals surface area (Å²) in [6.45, 7) is 2.82. The van der Waals surface area contributed by atoms with Crippen molar-refractivity contribution >= 4 is 23.2 Å². The quantitative estimate of drug-likeness (QED) is 0.301. The Morgan fingerprint density at radius 2 is 1.33 bits per heavy atom. The molecule has 2 saturated heterocycles. The zero-order valence-electron chi connectivity index (χ0n) is 16.2. The Hall–Kier alpha value is -3.82. The van der Waals surface area contributed by atoms with Gasteiger partial charge in [-0.25, -0.2) is 0 Å². The molecule has 2 aliphatic heterocycles. The maximum atomic E-state index is 11.8. The van der Waals surface area contributed by atoms with Gasteiger partial charge in [-0.3, -0.25) is 19.7 Å². The highest BCUT2D eigenvalue weighted by molar-refractivity contribution is 5.99. The van der Waals surface area contributed by atoms with Gasteiger partial charge in [-0.1, -0.05) is 12.1 Å². The number of phenols is 2. The fourth-order valence-electron chi connectivity index (χ4n) is 2.96. The van der Waals surface area contributed by atoms with Crippen molar-refractivity contribution in [2.24, 2.45) is 0 Å². The number of carbonyl (C=O) groups is 2. The number of anilines is 1. The lowest BCUT2D eigenvalue weighted by atomic mass is 10.1. The maximum Gasteiger partial charge on any atom is 0.311 e. The Bertz CT molecular complexity index is 985. The Morgan fingerprint density at radius 3 is 1.77 bits per heavy atom. The van der Waals surface area contributed by atoms with Gasteiger partial charge in [-0.15, -0.1) is 0 Å². The number of para-hydroxylation sites is 2. The molecule has 0 aliphatic carbocycles. The monoisotopic (exact) mass is 414 g/mol. The molecule has 2 aliphatic rings. The molecule has 2 aromatic carbocycles. The molecule has 158 valence electrons. The minimum Gasteiger partial charge on any atom is -0.505 e. The third kappa shape index (κ3) is 4.12. The van der Waals surface area contributed by atoms with Crippen LogP contribution in [0.2, 0.25) is 0 Å². The highest BCUT2D eigenvalue weighted by Crippen LogP contribution is 2.31. The Labute approximate surface area is 172 Å². The highest BCUT2D eigenvalue weighted by Gasteiger charge is 2.27. The Kier molecular flexibility index (Phi) is 6.05. The maximum absolute atomic E-state index is 11.8. The van der Waals surface area contributed by atoms with Gasteiger partial charge >= 0.3 is 5.69 Å². The zero-order chi connectivity index (χ0) is 21.8. The molecule has 10 heteroatoms. The second kappa shape index (κ2) is 8.68. The summed E-state index contributed by atoms with van der Waals surface area (Å²) < 4.78 is 0. The van der Waals surface area contributed by atoms with Gasteiger partial charge in [-0.05, 0) is 31.0 Å². The second-order valence-corrected chi connectivity index (χ2v) is 6.97. The summed E-state index contributed by atoms with van der Waals surface area (Å²) in [5.41, 5.74) is 5.60. The standard InChI is InChI=1S/C10H10N2O4.C10H12N2O2/c13-9-7(10(14)11-5-2-6-11)3-1-4-8(9)12(15)16;11-8-4-1-3-7(9(8)13)10(14)12-5-2-6-12/h1,3-4,13H,2,5-6H2;1,3-4,13H,2,5-6,11H2. The summed E-state index contributed by atoms with van der Waals surface area (Å²) in [5.74, 6) is -1.15. The van der Waals surface area contributed by atoms with E-state index in [0.717, 1.165) is 25.9 Å². The number of amides is 2. The van der Waals surface area contributed by atoms with Gasteiger partial charge in [0.1, 0.15) is 0 Å². The molecule has 2 aromatic rings. The minimum absolute atomic E-state index is 0.00565. The number of nitro groups is 1. The lowest BCUT2D eigenvalue weighted by Crippen LogP contribution is -2.42. The van der Waals surface area contributed by atoms with Crippen molar-refractivity contribution < 1.29 is 24.7 Å². The first-order chi connectivity index (χ1) is 14.3. The molecule has 0 unspecified atom stereocenters. The number of likely N-dealkylation sites (tertiary alicyclic amines) is 2. The van der Waals surface area contributed by atoms with E-state index in [1.807, 2.05) is 0 Å². The largest absolute Gasteiger partial charge is 0.505 e. The second-order valence-electron chi connectivity index (χ2n) is 6.97. The molecular formula is C20H22N4O6. The van der Waals surface area contributed by atoms with Crippen molar-refractivity contribution in [2.45, 2.75) is 12.8 Å². The van der Waals surface area contributed by atoms with Crippen LogP contribution in [0.15, 0.2) is 36.4 Å². The Balaban J connectivity index is 0.000000172. The van der Waals surface area contributed by atoms with E-state index in [9.17, 15) is 29.9 Å². The molecule has 0 radical (unpaired) electrons. The molecule has 10 nitrogen and oxygen atoms in total. The molecule has 0 atom stereocenters. The smallest absolute Gasteiger partial charge is 0.311 e. The molecule has 4 rings (SSSR count). The van der Waals surface area contributed by atoms with Gasteiger partial charge in [0.15, 0.2) is 5.75 Å². The predicted octanol–water partition coefficient (Wildman–Crippen LogP) is 1.97. The summed E-state index contributed by atoms with van der Waals surface area (Å²) in [6.07, 6.45) is 1.97. The number of rotatable bonds is 3. The average molecular weight is 414 g/mol. The first-order valence-corrected chi connectivity index (χ1v) is 9.43. The third-order valence-electron chi connectivity index (χ3n) is 5.03. The van der Waals surface area contributed by atoms with Gasteiger partial charge in [0.25, 0.3) is 11.8 Å². The molecule has 0 spiro atoms. The molecule has 2 amide bonds. The van der Waals surface area contributed by atoms with E-state index in [2.05, 4.69) is 0 Å². The van der Waals surface area contributed by atoms with E-state index >= 15 is 0 Å². The zero-order valence-corrected chi connectivity index (χ0v) is 16.2. The van der Waals surface area contributed by atoms with Crippen LogP contribution in [0.4, 0.5) is 11.4 Å². The van der Waals surface area contributed by atoms with Gasteiger partial charge in [0, 0.05) is 32.2 Å². The van der Waals surface area contributed by atoms with Crippen molar-refractivity contribution in [1.29, 1.82) is 0 Å². The van der Waals surface area contributed by atoms with Crippen LogP contribution in [0, 0.1) is 10.1 Å². The van der Waals surface area contributed by atoms with Gasteiger partial charge in [0.2, 0.25) is 5.75 Å². The number of nitrogens with two attached hydrogens (primary N) is 1. The van der Waals surface area contributed by atoms with Crippen LogP contribution in [0.3, 0.4) is 0 Å². The number of hydrogen-bond donors (Lipinski definition) is 3. The molecule has 0 bridgehead atoms. The summed E-state index contributed by atoms with van der Waals surface area (Å²) in [4.78, 5) is 36.6. The summed E-state index contributed by atoms with van der Waals surface area (Å²) in [5, 5.41) is 29.7. The van der Waals surface area contributed by atoms with Crippen LogP contribution < -0.4 is 5.73 Å². The first-order valence-electron chi connectivity index (χ1n) is 9.43. The summed E-state index contributed by atoms with van der Waals surface area (Å²) in [7, 11) is 0. The van der Waals surface area contributed by atoms with E-state index < -0.39 is 16.4 Å². The van der Waals surface area contributed by atoms with Gasteiger partial charge < -0.3 is 25.7 Å². The van der Waals surface area contributed by atoms with Crippen molar-refractivity contribution in [3.05, 3.63) is 57.6 Å². The van der Waals surface area contributed by atoms with Crippen LogP contribution in [-0.2, 0) is 0 Å². The van der Waals surface area contributed by atoms with Crippen molar-refractivity contribution in [3.8, 4) is 11.5 Å². The molecule has 2 fully saturated rings. The van der Waals surface area contributed by atoms with E-state index in [1.54, 1.807) is 28.0 Å². The Morgan fingerprint density at radius 1 is 0.867 bits per heavy atom. The van der Waals surface area contributed by atoms with Crippen LogP contribution in [0.1, 0.15) is 33.6 Å². The number of hydrogen-bond acceptors (Lipinski definition) is 7. The van der Waals surface area contributed by atoms with Crippen LogP contribution in [-0.4, -0.2) is 62.9 Å². The summed E-state index contributed by atoms with van der Waals surface area (Å²) >= 11 is 0. The average Bonchev–Trinajstić information content (AvgIpc) is 2.61. The molecule has 2 heterocycles. The fraction of sp³-hybridized carbons (Fsp3) is 0.300. The molecule has 0 aromatic heterocycles. The molecule has 30 heavy (non-hydrogen) atoms. The lowest BCUT2D eigenvalue weighted by molar-refractivity contribution is -0.385. The van der Waals surface area contributed by atoms with Crippen molar-refractivity contribution in [1.82, 2.24) is 9.80 Å². The number of aromatic hydroxyl groups is 2. The predicted molar refractivity (Wildman–Crippen MR) is 108 cm³/mol. The van der Waals surface area contributed by atoms with E-state index in [1.165, 1.54) is 18.2 Å². The molecule has 0 saturated carbocycles. The van der Waals surface area contributed by atoms with Gasteiger partial charge in [-0.2, -0.15) is 0 Å². The topological polar surface area (TPSA) is 150 Å². The first kappa shape index (κ1) is 20.9. The number of nitro benzene ring substituents is 1. The van der Waals surface area contributed by atoms with E-state index in [4.69, 9.17) is 5.73 Å². The molecular weight excluding hydrogens is 392 g/mol. The van der Waals surface area contributed by atoms with Crippen molar-refractivity contribution in [2.75, 3.05) is 31.9 Å². The molecule has 4 N–H and O–H groups in total. The SMILES string of the molecule is Nc1cccc(C(=O)N2CCC2)c1O.O=C(c1cccc([N+](=O)[O-])c1O)N1CCC1. The highest BCUT2D eigenvalue weighted by atomic mass is 16.6. The van der Waals surface area contributed by atoms with Crippen LogP contribution >= 0.6 is 0 Å². The van der Waals surface area contributed by atoms with Crippen molar-refractivity contribution in [3.63, 3.8) is 0 Å². The number of nitrogens with zero attached hydrogens (tertiary/aromatic N) is 3. The normalized spacial score (nSPS) is 14.7. The van der Waals surface area contributed by atoms with E-state index in [-0.39, 0.29) is 28.8 Å². The number of phenolic OH excluding ortho intramolecular Hbond substituents is 2. The van der Waals surface area contributed by atoms with E-state index in [0.29, 0.717) is 18.7 Å². The number of carbonyl (C=O) groups excluding carboxylic acids is 2.